The van der Waals surface area contributed by atoms with Gasteiger partial charge in [-0.2, -0.15) is 0 Å². The van der Waals surface area contributed by atoms with E-state index < -0.39 is 0 Å². The van der Waals surface area contributed by atoms with Crippen LogP contribution in [0.1, 0.15) is 29.8 Å². The molecule has 0 spiro atoms. The zero-order chi connectivity index (χ0) is 24.2. The van der Waals surface area contributed by atoms with Crippen molar-refractivity contribution in [3.05, 3.63) is 77.5 Å². The maximum atomic E-state index is 13.6. The van der Waals surface area contributed by atoms with Gasteiger partial charge in [0.05, 0.1) is 0 Å². The van der Waals surface area contributed by atoms with E-state index >= 15 is 0 Å². The van der Waals surface area contributed by atoms with Crippen molar-refractivity contribution in [2.24, 2.45) is 0 Å². The summed E-state index contributed by atoms with van der Waals surface area (Å²) in [4.78, 5) is 18.5. The van der Waals surface area contributed by atoms with Crippen LogP contribution in [0.4, 0.5) is 10.1 Å². The highest BCUT2D eigenvalue weighted by molar-refractivity contribution is 7.99. The number of hydrogen-bond donors (Lipinski definition) is 1. The number of hydrogen-bond acceptors (Lipinski definition) is 5. The highest BCUT2D eigenvalue weighted by Crippen LogP contribution is 2.28. The van der Waals surface area contributed by atoms with E-state index in [9.17, 15) is 4.39 Å². The lowest BCUT2D eigenvalue weighted by Crippen LogP contribution is -2.46. The molecule has 1 saturated heterocycles. The van der Waals surface area contributed by atoms with Gasteiger partial charge in [-0.1, -0.05) is 0 Å². The molecule has 1 aliphatic rings. The lowest BCUT2D eigenvalue weighted by Gasteiger charge is -2.36. The monoisotopic (exact) mass is 489 g/mol. The molecule has 5 nitrogen and oxygen atoms in total. The van der Waals surface area contributed by atoms with Crippen LogP contribution in [0, 0.1) is 19.7 Å². The number of H-pyrrole nitrogens is 1. The number of anilines is 1. The third kappa shape index (κ3) is 6.03. The fraction of sp³-hybridized carbons (Fsp3) is 0.357. The first-order chi connectivity index (χ1) is 17.0. The van der Waals surface area contributed by atoms with Crippen molar-refractivity contribution in [3.63, 3.8) is 0 Å². The number of benzene rings is 2. The summed E-state index contributed by atoms with van der Waals surface area (Å²) >= 11 is 1.61. The average molecular weight is 490 g/mol. The fourth-order valence-electron chi connectivity index (χ4n) is 4.81. The summed E-state index contributed by atoms with van der Waals surface area (Å²) in [5, 5.41) is 1.82. The molecular weight excluding hydrogens is 457 g/mol. The molecule has 0 aliphatic carbocycles. The molecule has 2 aromatic heterocycles. The number of nitrogens with one attached hydrogen (secondary N) is 1. The topological polar surface area (TPSA) is 48.1 Å². The van der Waals surface area contributed by atoms with Crippen LogP contribution < -0.4 is 4.90 Å². The van der Waals surface area contributed by atoms with Gasteiger partial charge in [-0.15, -0.1) is 0 Å². The Morgan fingerprint density at radius 2 is 1.66 bits per heavy atom. The molecule has 35 heavy (non-hydrogen) atoms. The quantitative estimate of drug-likeness (QED) is 0.243. The molecule has 0 saturated carbocycles. The van der Waals surface area contributed by atoms with Gasteiger partial charge in [-0.25, -0.2) is 14.4 Å². The van der Waals surface area contributed by atoms with Crippen LogP contribution in [0.15, 0.2) is 64.8 Å². The minimum atomic E-state index is -0.167. The number of piperazine rings is 1. The molecule has 0 bridgehead atoms. The predicted octanol–water partition coefficient (Wildman–Crippen LogP) is 6.01. The Morgan fingerprint density at radius 1 is 0.914 bits per heavy atom. The van der Waals surface area contributed by atoms with E-state index in [1.165, 1.54) is 17.3 Å². The molecule has 0 radical (unpaired) electrons. The van der Waals surface area contributed by atoms with Gasteiger partial charge in [-0.05, 0) is 106 Å². The molecule has 182 valence electrons. The van der Waals surface area contributed by atoms with Crippen molar-refractivity contribution in [2.75, 3.05) is 37.6 Å². The van der Waals surface area contributed by atoms with Crippen LogP contribution in [-0.2, 0) is 6.42 Å². The first-order valence-corrected chi connectivity index (χ1v) is 13.2. The maximum Gasteiger partial charge on any atom is 0.192 e. The summed E-state index contributed by atoms with van der Waals surface area (Å²) in [6, 6.07) is 15.7. The first kappa shape index (κ1) is 23.8. The number of halogens is 1. The molecule has 0 amide bonds. The molecule has 1 fully saturated rings. The van der Waals surface area contributed by atoms with Crippen LogP contribution in [0.5, 0.6) is 0 Å². The maximum absolute atomic E-state index is 13.6. The van der Waals surface area contributed by atoms with Crippen molar-refractivity contribution in [1.29, 1.82) is 0 Å². The van der Waals surface area contributed by atoms with E-state index in [0.29, 0.717) is 0 Å². The van der Waals surface area contributed by atoms with Crippen LogP contribution in [0.25, 0.3) is 10.9 Å². The van der Waals surface area contributed by atoms with Crippen LogP contribution >= 0.6 is 11.8 Å². The van der Waals surface area contributed by atoms with E-state index in [2.05, 4.69) is 49.0 Å². The number of rotatable bonds is 8. The average Bonchev–Trinajstić information content (AvgIpc) is 3.24. The summed E-state index contributed by atoms with van der Waals surface area (Å²) in [7, 11) is 0. The molecule has 5 rings (SSSR count). The van der Waals surface area contributed by atoms with E-state index in [1.807, 2.05) is 32.2 Å². The second-order valence-corrected chi connectivity index (χ2v) is 10.4. The standard InChI is InChI=1S/C28H32FN5S/c1-20-17-21(2)32-28(31-20)35-25-9-7-24(8-10-25)34-15-13-33(14-16-34)12-4-3-5-22-19-30-27-11-6-23(29)18-26(22)27/h6-11,17-19,30H,3-5,12-16H2,1-2H3. The number of aromatic amines is 1. The second kappa shape index (κ2) is 10.8. The summed E-state index contributed by atoms with van der Waals surface area (Å²) in [5.41, 5.74) is 5.52. The van der Waals surface area contributed by atoms with E-state index in [4.69, 9.17) is 0 Å². The Bertz CT molecular complexity index is 1260. The van der Waals surface area contributed by atoms with E-state index in [0.717, 1.165) is 84.3 Å². The van der Waals surface area contributed by atoms with E-state index in [-0.39, 0.29) is 5.82 Å². The Labute approximate surface area is 210 Å². The molecule has 0 atom stereocenters. The lowest BCUT2D eigenvalue weighted by atomic mass is 10.1. The Hall–Kier alpha value is -2.90. The fourth-order valence-corrected chi connectivity index (χ4v) is 5.67. The van der Waals surface area contributed by atoms with Crippen LogP contribution in [0.3, 0.4) is 0 Å². The van der Waals surface area contributed by atoms with Crippen molar-refractivity contribution in [2.45, 2.75) is 43.2 Å². The Morgan fingerprint density at radius 3 is 2.40 bits per heavy atom. The third-order valence-corrected chi connectivity index (χ3v) is 7.52. The van der Waals surface area contributed by atoms with Crippen molar-refractivity contribution < 1.29 is 4.39 Å². The highest BCUT2D eigenvalue weighted by atomic mass is 32.2. The Kier molecular flexibility index (Phi) is 7.35. The normalized spacial score (nSPS) is 14.7. The molecule has 1 N–H and O–H groups in total. The van der Waals surface area contributed by atoms with Crippen molar-refractivity contribution >= 4 is 28.4 Å². The number of fused-ring (bicyclic) bond motifs is 1. The molecule has 3 heterocycles. The molecule has 2 aromatic carbocycles. The highest BCUT2D eigenvalue weighted by Gasteiger charge is 2.17. The number of aryl methyl sites for hydroxylation is 3. The largest absolute Gasteiger partial charge is 0.369 e. The van der Waals surface area contributed by atoms with Gasteiger partial charge in [0, 0.05) is 65.2 Å². The zero-order valence-electron chi connectivity index (χ0n) is 20.4. The molecule has 4 aromatic rings. The van der Waals surface area contributed by atoms with Gasteiger partial charge in [0.15, 0.2) is 5.16 Å². The minimum Gasteiger partial charge on any atom is -0.369 e. The minimum absolute atomic E-state index is 0.167. The summed E-state index contributed by atoms with van der Waals surface area (Å²) in [6.45, 7) is 9.41. The van der Waals surface area contributed by atoms with Crippen molar-refractivity contribution in [3.8, 4) is 0 Å². The number of aromatic nitrogens is 3. The van der Waals surface area contributed by atoms with Gasteiger partial charge in [0.2, 0.25) is 0 Å². The van der Waals surface area contributed by atoms with Gasteiger partial charge in [0.25, 0.3) is 0 Å². The third-order valence-electron chi connectivity index (χ3n) is 6.64. The molecular formula is C28H32FN5S. The SMILES string of the molecule is Cc1cc(C)nc(Sc2ccc(N3CCN(CCCCc4c[nH]c5ccc(F)cc45)CC3)cc2)n1. The zero-order valence-corrected chi connectivity index (χ0v) is 21.2. The first-order valence-electron chi connectivity index (χ1n) is 12.4. The van der Waals surface area contributed by atoms with Gasteiger partial charge in [-0.3, -0.25) is 4.90 Å². The second-order valence-electron chi connectivity index (χ2n) is 9.32. The lowest BCUT2D eigenvalue weighted by molar-refractivity contribution is 0.253. The number of unbranched alkanes of at least 4 members (excludes halogenated alkanes) is 1. The molecule has 0 unspecified atom stereocenters. The molecule has 1 aliphatic heterocycles. The van der Waals surface area contributed by atoms with Crippen LogP contribution in [0.2, 0.25) is 0 Å². The van der Waals surface area contributed by atoms with Crippen LogP contribution in [-0.4, -0.2) is 52.6 Å². The van der Waals surface area contributed by atoms with E-state index in [1.54, 1.807) is 17.8 Å². The number of nitrogens with zero attached hydrogens (tertiary/aromatic N) is 4. The summed E-state index contributed by atoms with van der Waals surface area (Å²) in [6.07, 6.45) is 5.30. The smallest absolute Gasteiger partial charge is 0.192 e. The van der Waals surface area contributed by atoms with Gasteiger partial charge in [0.1, 0.15) is 5.82 Å². The molecule has 7 heteroatoms. The predicted molar refractivity (Wildman–Crippen MR) is 142 cm³/mol. The van der Waals surface area contributed by atoms with Crippen molar-refractivity contribution in [1.82, 2.24) is 19.9 Å². The Balaban J connectivity index is 1.06. The van der Waals surface area contributed by atoms with Gasteiger partial charge >= 0.3 is 0 Å². The summed E-state index contributed by atoms with van der Waals surface area (Å²) in [5.74, 6) is -0.167. The summed E-state index contributed by atoms with van der Waals surface area (Å²) < 4.78 is 13.6. The van der Waals surface area contributed by atoms with Gasteiger partial charge < -0.3 is 9.88 Å².